The molecule has 0 N–H and O–H groups in total. The van der Waals surface area contributed by atoms with Crippen LogP contribution in [0.1, 0.15) is 239 Å². The molecule has 0 atom stereocenters. The molecule has 0 aromatic heterocycles. The Morgan fingerprint density at radius 2 is 0.824 bits per heavy atom. The lowest BCUT2D eigenvalue weighted by molar-refractivity contribution is -0.143. The van der Waals surface area contributed by atoms with Crippen LogP contribution in [0.4, 0.5) is 0 Å². The number of ether oxygens (including phenoxy) is 3. The third kappa shape index (κ3) is 40.4. The van der Waals surface area contributed by atoms with E-state index >= 15 is 0 Å². The Balaban J connectivity index is 3.98. The molecule has 0 aromatic carbocycles. The van der Waals surface area contributed by atoms with Crippen molar-refractivity contribution in [1.29, 1.82) is 0 Å². The minimum absolute atomic E-state index is 0.00452. The molecule has 0 saturated heterocycles. The van der Waals surface area contributed by atoms with Gasteiger partial charge in [0.25, 0.3) is 0 Å². The standard InChI is InChI=1S/C46H93NO4/c1-5-8-11-14-18-27-34-44-51-46(48)38-30-23-20-25-32-40-47(41-35-42-49-4)39-31-24-17-19-26-33-43-50-45(36-28-21-15-12-9-6-2)37-29-22-16-13-10-7-3/h45H,5-44H2,1-4H3. The lowest BCUT2D eigenvalue weighted by Gasteiger charge is -2.22. The van der Waals surface area contributed by atoms with E-state index in [-0.39, 0.29) is 5.97 Å². The van der Waals surface area contributed by atoms with E-state index in [0.29, 0.717) is 19.1 Å². The summed E-state index contributed by atoms with van der Waals surface area (Å²) in [6, 6.07) is 0. The molecule has 0 aromatic rings. The third-order valence-electron chi connectivity index (χ3n) is 10.7. The van der Waals surface area contributed by atoms with Crippen LogP contribution in [0.15, 0.2) is 0 Å². The first-order valence-corrected chi connectivity index (χ1v) is 23.2. The zero-order chi connectivity index (χ0) is 37.1. The second-order valence-electron chi connectivity index (χ2n) is 15.8. The van der Waals surface area contributed by atoms with Crippen molar-refractivity contribution < 1.29 is 19.0 Å². The number of carbonyl (C=O) groups is 1. The van der Waals surface area contributed by atoms with Crippen molar-refractivity contribution in [1.82, 2.24) is 4.90 Å². The van der Waals surface area contributed by atoms with Crippen LogP contribution in [0.2, 0.25) is 0 Å². The van der Waals surface area contributed by atoms with Gasteiger partial charge < -0.3 is 19.1 Å². The summed E-state index contributed by atoms with van der Waals surface area (Å²) < 4.78 is 17.3. The molecule has 0 unspecified atom stereocenters. The molecule has 0 radical (unpaired) electrons. The van der Waals surface area contributed by atoms with Crippen LogP contribution in [0.3, 0.4) is 0 Å². The monoisotopic (exact) mass is 724 g/mol. The second kappa shape index (κ2) is 43.8. The van der Waals surface area contributed by atoms with Gasteiger partial charge in [-0.15, -0.1) is 0 Å². The fourth-order valence-corrected chi connectivity index (χ4v) is 7.23. The van der Waals surface area contributed by atoms with E-state index in [2.05, 4.69) is 25.7 Å². The maximum atomic E-state index is 12.0. The van der Waals surface area contributed by atoms with Gasteiger partial charge in [0.15, 0.2) is 0 Å². The molecule has 0 saturated carbocycles. The Morgan fingerprint density at radius 1 is 0.431 bits per heavy atom. The van der Waals surface area contributed by atoms with Gasteiger partial charge in [0.05, 0.1) is 12.7 Å². The van der Waals surface area contributed by atoms with Crippen molar-refractivity contribution in [2.45, 2.75) is 245 Å². The summed E-state index contributed by atoms with van der Waals surface area (Å²) in [7, 11) is 1.81. The summed E-state index contributed by atoms with van der Waals surface area (Å²) in [4.78, 5) is 14.7. The first-order valence-electron chi connectivity index (χ1n) is 23.2. The van der Waals surface area contributed by atoms with Gasteiger partial charge in [-0.25, -0.2) is 0 Å². The molecule has 51 heavy (non-hydrogen) atoms. The van der Waals surface area contributed by atoms with Crippen molar-refractivity contribution >= 4 is 5.97 Å². The number of rotatable bonds is 44. The largest absolute Gasteiger partial charge is 0.466 e. The number of unbranched alkanes of at least 4 members (excludes halogenated alkanes) is 25. The Bertz CT molecular complexity index is 643. The molecule has 5 nitrogen and oxygen atoms in total. The summed E-state index contributed by atoms with van der Waals surface area (Å²) in [5, 5.41) is 0. The first-order chi connectivity index (χ1) is 25.2. The summed E-state index contributed by atoms with van der Waals surface area (Å²) in [5.74, 6) is 0.00452. The number of methoxy groups -OCH3 is 1. The lowest BCUT2D eigenvalue weighted by Crippen LogP contribution is -2.28. The average Bonchev–Trinajstić information content (AvgIpc) is 3.13. The molecule has 0 amide bonds. The highest BCUT2D eigenvalue weighted by Crippen LogP contribution is 2.18. The molecule has 0 bridgehead atoms. The summed E-state index contributed by atoms with van der Waals surface area (Å²) in [6.07, 6.45) is 43.9. The Kier molecular flexibility index (Phi) is 43.2. The highest BCUT2D eigenvalue weighted by atomic mass is 16.5. The average molecular weight is 724 g/mol. The van der Waals surface area contributed by atoms with Gasteiger partial charge >= 0.3 is 5.97 Å². The van der Waals surface area contributed by atoms with Gasteiger partial charge in [0.2, 0.25) is 0 Å². The molecule has 0 aliphatic heterocycles. The number of nitrogens with zero attached hydrogens (tertiary/aromatic N) is 1. The summed E-state index contributed by atoms with van der Waals surface area (Å²) in [6.45, 7) is 12.8. The predicted molar refractivity (Wildman–Crippen MR) is 223 cm³/mol. The number of hydrogen-bond acceptors (Lipinski definition) is 5. The minimum atomic E-state index is 0.00452. The van der Waals surface area contributed by atoms with E-state index in [1.807, 2.05) is 7.11 Å². The number of hydrogen-bond donors (Lipinski definition) is 0. The third-order valence-corrected chi connectivity index (χ3v) is 10.7. The molecule has 5 heteroatoms. The molecule has 0 spiro atoms. The maximum absolute atomic E-state index is 12.0. The van der Waals surface area contributed by atoms with E-state index in [1.54, 1.807) is 0 Å². The van der Waals surface area contributed by atoms with E-state index in [0.717, 1.165) is 45.4 Å². The van der Waals surface area contributed by atoms with E-state index < -0.39 is 0 Å². The normalized spacial score (nSPS) is 11.7. The quantitative estimate of drug-likeness (QED) is 0.0463. The molecule has 0 heterocycles. The van der Waals surface area contributed by atoms with Crippen LogP contribution in [0.5, 0.6) is 0 Å². The summed E-state index contributed by atoms with van der Waals surface area (Å²) >= 11 is 0. The Hall–Kier alpha value is -0.650. The highest BCUT2D eigenvalue weighted by molar-refractivity contribution is 5.69. The molecule has 306 valence electrons. The lowest BCUT2D eigenvalue weighted by atomic mass is 10.0. The predicted octanol–water partition coefficient (Wildman–Crippen LogP) is 14.2. The molecule has 0 aliphatic carbocycles. The second-order valence-corrected chi connectivity index (χ2v) is 15.8. The number of carbonyl (C=O) groups excluding carboxylic acids is 1. The molecular formula is C46H93NO4. The van der Waals surface area contributed by atoms with Crippen LogP contribution in [-0.2, 0) is 19.0 Å². The van der Waals surface area contributed by atoms with Crippen LogP contribution < -0.4 is 0 Å². The molecule has 0 aliphatic rings. The van der Waals surface area contributed by atoms with Gasteiger partial charge in [0, 0.05) is 33.3 Å². The fourth-order valence-electron chi connectivity index (χ4n) is 7.23. The summed E-state index contributed by atoms with van der Waals surface area (Å²) in [5.41, 5.74) is 0. The van der Waals surface area contributed by atoms with Crippen molar-refractivity contribution in [3.8, 4) is 0 Å². The van der Waals surface area contributed by atoms with E-state index in [4.69, 9.17) is 14.2 Å². The first kappa shape index (κ1) is 50.4. The topological polar surface area (TPSA) is 48.0 Å². The SMILES string of the molecule is CCCCCCCCCOC(=O)CCCCCCCN(CCCCCCCCOC(CCCCCCCC)CCCCCCCC)CCCOC. The van der Waals surface area contributed by atoms with Crippen molar-refractivity contribution in [3.63, 3.8) is 0 Å². The zero-order valence-corrected chi connectivity index (χ0v) is 35.4. The van der Waals surface area contributed by atoms with Gasteiger partial charge in [0.1, 0.15) is 0 Å². The van der Waals surface area contributed by atoms with E-state index in [1.165, 1.54) is 199 Å². The van der Waals surface area contributed by atoms with Crippen molar-refractivity contribution in [2.75, 3.05) is 46.6 Å². The Morgan fingerprint density at radius 3 is 1.31 bits per heavy atom. The van der Waals surface area contributed by atoms with Gasteiger partial charge in [-0.2, -0.15) is 0 Å². The highest BCUT2D eigenvalue weighted by Gasteiger charge is 2.10. The zero-order valence-electron chi connectivity index (χ0n) is 35.4. The smallest absolute Gasteiger partial charge is 0.305 e. The number of esters is 1. The molecule has 0 rings (SSSR count). The van der Waals surface area contributed by atoms with Gasteiger partial charge in [-0.1, -0.05) is 181 Å². The van der Waals surface area contributed by atoms with Gasteiger partial charge in [-0.3, -0.25) is 4.79 Å². The van der Waals surface area contributed by atoms with Crippen LogP contribution >= 0.6 is 0 Å². The molecular weight excluding hydrogens is 631 g/mol. The molecule has 0 fully saturated rings. The van der Waals surface area contributed by atoms with Crippen LogP contribution in [-0.4, -0.2) is 63.5 Å². The van der Waals surface area contributed by atoms with Crippen LogP contribution in [0.25, 0.3) is 0 Å². The van der Waals surface area contributed by atoms with Gasteiger partial charge in [-0.05, 0) is 64.5 Å². The fraction of sp³-hybridized carbons (Fsp3) is 0.978. The van der Waals surface area contributed by atoms with Crippen LogP contribution in [0, 0.1) is 0 Å². The maximum Gasteiger partial charge on any atom is 0.305 e. The minimum Gasteiger partial charge on any atom is -0.466 e. The van der Waals surface area contributed by atoms with E-state index in [9.17, 15) is 4.79 Å². The van der Waals surface area contributed by atoms with Crippen molar-refractivity contribution in [3.05, 3.63) is 0 Å². The Labute approximate surface area is 320 Å². The van der Waals surface area contributed by atoms with Crippen molar-refractivity contribution in [2.24, 2.45) is 0 Å².